The van der Waals surface area contributed by atoms with E-state index in [-0.39, 0.29) is 12.3 Å². The fraction of sp³-hybridized carbons (Fsp3) is 0.235. The Bertz CT molecular complexity index is 842. The first-order chi connectivity index (χ1) is 10.5. The van der Waals surface area contributed by atoms with Gasteiger partial charge in [0.15, 0.2) is 0 Å². The van der Waals surface area contributed by atoms with Crippen molar-refractivity contribution in [3.05, 3.63) is 46.4 Å². The van der Waals surface area contributed by atoms with Crippen molar-refractivity contribution in [2.45, 2.75) is 26.2 Å². The molecule has 1 aromatic carbocycles. The summed E-state index contributed by atoms with van der Waals surface area (Å²) in [6.07, 6.45) is 1.89. The molecule has 0 spiro atoms. The number of hydrogen-bond donors (Lipinski definition) is 1. The summed E-state index contributed by atoms with van der Waals surface area (Å²) in [7, 11) is 0. The standard InChI is InChI=1S/C17H16N2O2S/c1-10(8-15(20)21)17-16(19-11(2)22-17)13-5-6-14-12(9-13)4-3-7-18-14/h3-7,9-10H,8H2,1-2H3,(H,20,21). The summed E-state index contributed by atoms with van der Waals surface area (Å²) >= 11 is 1.57. The van der Waals surface area contributed by atoms with E-state index >= 15 is 0 Å². The first-order valence-corrected chi connectivity index (χ1v) is 7.90. The number of aryl methyl sites for hydroxylation is 1. The van der Waals surface area contributed by atoms with Crippen molar-refractivity contribution >= 4 is 28.2 Å². The molecule has 1 unspecified atom stereocenters. The lowest BCUT2D eigenvalue weighted by atomic mass is 10.00. The van der Waals surface area contributed by atoms with Crippen molar-refractivity contribution in [1.82, 2.24) is 9.97 Å². The number of fused-ring (bicyclic) bond motifs is 1. The van der Waals surface area contributed by atoms with Crippen LogP contribution in [0.4, 0.5) is 0 Å². The molecule has 5 heteroatoms. The zero-order valence-electron chi connectivity index (χ0n) is 12.4. The third kappa shape index (κ3) is 2.85. The van der Waals surface area contributed by atoms with Crippen LogP contribution in [-0.4, -0.2) is 21.0 Å². The molecule has 2 heterocycles. The average molecular weight is 312 g/mol. The highest BCUT2D eigenvalue weighted by molar-refractivity contribution is 7.12. The lowest BCUT2D eigenvalue weighted by Gasteiger charge is -2.09. The van der Waals surface area contributed by atoms with Gasteiger partial charge in [0, 0.05) is 27.9 Å². The number of rotatable bonds is 4. The third-order valence-electron chi connectivity index (χ3n) is 3.57. The molecule has 2 aromatic heterocycles. The number of benzene rings is 1. The number of pyridine rings is 1. The van der Waals surface area contributed by atoms with Gasteiger partial charge in [0.1, 0.15) is 0 Å². The van der Waals surface area contributed by atoms with Gasteiger partial charge >= 0.3 is 5.97 Å². The molecular weight excluding hydrogens is 296 g/mol. The second-order valence-corrected chi connectivity index (χ2v) is 6.59. The SMILES string of the molecule is Cc1nc(-c2ccc3ncccc3c2)c(C(C)CC(=O)O)s1. The number of carboxylic acids is 1. The number of thiazole rings is 1. The Balaban J connectivity index is 2.08. The van der Waals surface area contributed by atoms with Crippen molar-refractivity contribution in [2.75, 3.05) is 0 Å². The van der Waals surface area contributed by atoms with Gasteiger partial charge in [-0.15, -0.1) is 11.3 Å². The Hall–Kier alpha value is -2.27. The third-order valence-corrected chi connectivity index (χ3v) is 4.77. The average Bonchev–Trinajstić information content (AvgIpc) is 2.88. The number of aliphatic carboxylic acids is 1. The lowest BCUT2D eigenvalue weighted by molar-refractivity contribution is -0.137. The highest BCUT2D eigenvalue weighted by Gasteiger charge is 2.19. The summed E-state index contributed by atoms with van der Waals surface area (Å²) in [5, 5.41) is 11.0. The van der Waals surface area contributed by atoms with Gasteiger partial charge in [0.2, 0.25) is 0 Å². The first-order valence-electron chi connectivity index (χ1n) is 7.09. The summed E-state index contributed by atoms with van der Waals surface area (Å²) < 4.78 is 0. The quantitative estimate of drug-likeness (QED) is 0.782. The van der Waals surface area contributed by atoms with Crippen molar-refractivity contribution < 1.29 is 9.90 Å². The van der Waals surface area contributed by atoms with Crippen LogP contribution in [0.25, 0.3) is 22.2 Å². The Morgan fingerprint density at radius 3 is 2.95 bits per heavy atom. The van der Waals surface area contributed by atoms with E-state index in [2.05, 4.69) is 16.0 Å². The maximum atomic E-state index is 11.0. The van der Waals surface area contributed by atoms with Gasteiger partial charge in [0.25, 0.3) is 0 Å². The first kappa shape index (κ1) is 14.7. The van der Waals surface area contributed by atoms with E-state index in [0.29, 0.717) is 0 Å². The molecule has 3 rings (SSSR count). The van der Waals surface area contributed by atoms with Crippen LogP contribution in [0.15, 0.2) is 36.5 Å². The molecule has 0 radical (unpaired) electrons. The van der Waals surface area contributed by atoms with Crippen LogP contribution in [0.3, 0.4) is 0 Å². The van der Waals surface area contributed by atoms with Gasteiger partial charge < -0.3 is 5.11 Å². The Morgan fingerprint density at radius 1 is 1.36 bits per heavy atom. The van der Waals surface area contributed by atoms with Crippen LogP contribution in [0.5, 0.6) is 0 Å². The number of carbonyl (C=O) groups is 1. The van der Waals surface area contributed by atoms with Gasteiger partial charge in [-0.05, 0) is 25.1 Å². The molecule has 0 bridgehead atoms. The van der Waals surface area contributed by atoms with E-state index in [1.807, 2.05) is 38.1 Å². The van der Waals surface area contributed by atoms with E-state index in [0.717, 1.165) is 32.0 Å². The molecule has 1 N–H and O–H groups in total. The van der Waals surface area contributed by atoms with Crippen molar-refractivity contribution in [1.29, 1.82) is 0 Å². The van der Waals surface area contributed by atoms with Crippen LogP contribution in [-0.2, 0) is 4.79 Å². The second kappa shape index (κ2) is 5.85. The molecule has 1 atom stereocenters. The Morgan fingerprint density at radius 2 is 2.18 bits per heavy atom. The van der Waals surface area contributed by atoms with Gasteiger partial charge in [-0.1, -0.05) is 19.1 Å². The van der Waals surface area contributed by atoms with E-state index in [1.165, 1.54) is 0 Å². The minimum Gasteiger partial charge on any atom is -0.481 e. The summed E-state index contributed by atoms with van der Waals surface area (Å²) in [5.74, 6) is -0.837. The highest BCUT2D eigenvalue weighted by atomic mass is 32.1. The van der Waals surface area contributed by atoms with Gasteiger partial charge in [-0.25, -0.2) is 4.98 Å². The molecule has 0 aliphatic rings. The number of hydrogen-bond acceptors (Lipinski definition) is 4. The molecule has 0 fully saturated rings. The second-order valence-electron chi connectivity index (χ2n) is 5.36. The maximum absolute atomic E-state index is 11.0. The van der Waals surface area contributed by atoms with Crippen LogP contribution in [0, 0.1) is 6.92 Å². The minimum atomic E-state index is -0.785. The van der Waals surface area contributed by atoms with Crippen LogP contribution >= 0.6 is 11.3 Å². The molecule has 4 nitrogen and oxygen atoms in total. The molecule has 3 aromatic rings. The normalized spacial score (nSPS) is 12.5. The molecule has 112 valence electrons. The number of carboxylic acid groups (broad SMARTS) is 1. The number of nitrogens with zero attached hydrogens (tertiary/aromatic N) is 2. The Labute approximate surface area is 132 Å². The highest BCUT2D eigenvalue weighted by Crippen LogP contribution is 2.36. The molecule has 0 saturated carbocycles. The monoisotopic (exact) mass is 312 g/mol. The smallest absolute Gasteiger partial charge is 0.303 e. The predicted octanol–water partition coefficient (Wildman–Crippen LogP) is 4.24. The summed E-state index contributed by atoms with van der Waals surface area (Å²) in [4.78, 5) is 21.0. The number of aromatic nitrogens is 2. The largest absolute Gasteiger partial charge is 0.481 e. The fourth-order valence-corrected chi connectivity index (χ4v) is 3.56. The van der Waals surface area contributed by atoms with Crippen molar-refractivity contribution in [2.24, 2.45) is 0 Å². The van der Waals surface area contributed by atoms with Gasteiger partial charge in [-0.3, -0.25) is 9.78 Å². The van der Waals surface area contributed by atoms with Gasteiger partial charge in [0.05, 0.1) is 22.6 Å². The molecule has 0 amide bonds. The van der Waals surface area contributed by atoms with Crippen molar-refractivity contribution in [3.63, 3.8) is 0 Å². The van der Waals surface area contributed by atoms with E-state index in [4.69, 9.17) is 5.11 Å². The molecule has 0 aliphatic heterocycles. The minimum absolute atomic E-state index is 0.0525. The molecular formula is C17H16N2O2S. The fourth-order valence-electron chi connectivity index (χ4n) is 2.56. The summed E-state index contributed by atoms with van der Waals surface area (Å²) in [6.45, 7) is 3.89. The Kier molecular flexibility index (Phi) is 3.90. The van der Waals surface area contributed by atoms with Crippen LogP contribution in [0.1, 0.15) is 29.1 Å². The van der Waals surface area contributed by atoms with Crippen molar-refractivity contribution in [3.8, 4) is 11.3 Å². The summed E-state index contributed by atoms with van der Waals surface area (Å²) in [6, 6.07) is 9.97. The van der Waals surface area contributed by atoms with E-state index < -0.39 is 5.97 Å². The van der Waals surface area contributed by atoms with Crippen LogP contribution < -0.4 is 0 Å². The van der Waals surface area contributed by atoms with E-state index in [9.17, 15) is 4.79 Å². The zero-order chi connectivity index (χ0) is 15.7. The zero-order valence-corrected chi connectivity index (χ0v) is 13.2. The maximum Gasteiger partial charge on any atom is 0.303 e. The molecule has 0 saturated heterocycles. The predicted molar refractivity (Wildman–Crippen MR) is 88.3 cm³/mol. The summed E-state index contributed by atoms with van der Waals surface area (Å²) in [5.41, 5.74) is 2.84. The lowest BCUT2D eigenvalue weighted by Crippen LogP contribution is -2.02. The molecule has 0 aliphatic carbocycles. The molecule has 22 heavy (non-hydrogen) atoms. The van der Waals surface area contributed by atoms with Crippen LogP contribution in [0.2, 0.25) is 0 Å². The van der Waals surface area contributed by atoms with Gasteiger partial charge in [-0.2, -0.15) is 0 Å². The topological polar surface area (TPSA) is 63.1 Å². The van der Waals surface area contributed by atoms with E-state index in [1.54, 1.807) is 17.5 Å².